The van der Waals surface area contributed by atoms with Gasteiger partial charge >= 0.3 is 0 Å². The van der Waals surface area contributed by atoms with Crippen LogP contribution in [0, 0.1) is 0 Å². The first-order valence-electron chi connectivity index (χ1n) is 7.28. The molecular formula is C18H17N3O. The van der Waals surface area contributed by atoms with Gasteiger partial charge < -0.3 is 5.32 Å². The Kier molecular flexibility index (Phi) is 4.01. The fraction of sp³-hybridized carbons (Fsp3) is 0.111. The minimum atomic E-state index is -0.131. The Hall–Kier alpha value is -2.88. The Morgan fingerprint density at radius 3 is 2.32 bits per heavy atom. The van der Waals surface area contributed by atoms with Crippen LogP contribution in [0.3, 0.4) is 0 Å². The van der Waals surface area contributed by atoms with E-state index >= 15 is 0 Å². The second kappa shape index (κ2) is 6.26. The number of aryl methyl sites for hydroxylation is 1. The quantitative estimate of drug-likeness (QED) is 0.766. The van der Waals surface area contributed by atoms with Gasteiger partial charge in [-0.15, -0.1) is 0 Å². The van der Waals surface area contributed by atoms with Crippen molar-refractivity contribution < 1.29 is 4.79 Å². The zero-order valence-electron chi connectivity index (χ0n) is 12.3. The van der Waals surface area contributed by atoms with Gasteiger partial charge in [0.1, 0.15) is 0 Å². The Morgan fingerprint density at radius 2 is 1.68 bits per heavy atom. The number of nitrogens with zero attached hydrogens (tertiary/aromatic N) is 1. The largest absolute Gasteiger partial charge is 0.319 e. The van der Waals surface area contributed by atoms with Crippen molar-refractivity contribution in [1.82, 2.24) is 10.2 Å². The summed E-state index contributed by atoms with van der Waals surface area (Å²) in [5, 5.41) is 10.3. The normalized spacial score (nSPS) is 10.4. The van der Waals surface area contributed by atoms with E-state index in [-0.39, 0.29) is 5.91 Å². The van der Waals surface area contributed by atoms with Gasteiger partial charge in [-0.3, -0.25) is 9.89 Å². The first-order valence-corrected chi connectivity index (χ1v) is 7.28. The molecule has 3 aromatic rings. The number of carbonyl (C=O) groups excluding carboxylic acids is 1. The van der Waals surface area contributed by atoms with Crippen LogP contribution in [0.1, 0.15) is 23.0 Å². The first kappa shape index (κ1) is 14.1. The molecule has 0 saturated carbocycles. The molecule has 0 radical (unpaired) electrons. The number of amides is 1. The average molecular weight is 291 g/mol. The average Bonchev–Trinajstić information content (AvgIpc) is 2.99. The summed E-state index contributed by atoms with van der Waals surface area (Å²) in [5.41, 5.74) is 4.07. The van der Waals surface area contributed by atoms with Gasteiger partial charge in [-0.2, -0.15) is 5.10 Å². The third-order valence-electron chi connectivity index (χ3n) is 3.51. The van der Waals surface area contributed by atoms with E-state index < -0.39 is 0 Å². The Morgan fingerprint density at radius 1 is 1.05 bits per heavy atom. The SMILES string of the molecule is CCc1n[nH]c(-c2ccccc2)c1NC(=O)c1ccccc1. The van der Waals surface area contributed by atoms with E-state index in [1.165, 1.54) is 0 Å². The number of aromatic amines is 1. The summed E-state index contributed by atoms with van der Waals surface area (Å²) < 4.78 is 0. The number of carbonyl (C=O) groups is 1. The van der Waals surface area contributed by atoms with Crippen molar-refractivity contribution in [3.05, 3.63) is 71.9 Å². The van der Waals surface area contributed by atoms with Crippen molar-refractivity contribution in [2.45, 2.75) is 13.3 Å². The molecule has 0 aliphatic carbocycles. The van der Waals surface area contributed by atoms with Gasteiger partial charge in [0.15, 0.2) is 0 Å². The molecule has 2 N–H and O–H groups in total. The maximum absolute atomic E-state index is 12.4. The number of aromatic nitrogens is 2. The van der Waals surface area contributed by atoms with Crippen molar-refractivity contribution >= 4 is 11.6 Å². The Labute approximate surface area is 129 Å². The van der Waals surface area contributed by atoms with Crippen LogP contribution in [0.4, 0.5) is 5.69 Å². The molecule has 1 heterocycles. The zero-order valence-corrected chi connectivity index (χ0v) is 12.3. The van der Waals surface area contributed by atoms with Crippen LogP contribution in [-0.2, 0) is 6.42 Å². The molecule has 3 rings (SSSR count). The van der Waals surface area contributed by atoms with Crippen molar-refractivity contribution in [2.24, 2.45) is 0 Å². The predicted octanol–water partition coefficient (Wildman–Crippen LogP) is 3.89. The van der Waals surface area contributed by atoms with Gasteiger partial charge in [0.05, 0.1) is 17.1 Å². The molecule has 1 amide bonds. The molecule has 1 aromatic heterocycles. The second-order valence-corrected chi connectivity index (χ2v) is 4.96. The molecule has 110 valence electrons. The van der Waals surface area contributed by atoms with Crippen LogP contribution in [0.5, 0.6) is 0 Å². The molecular weight excluding hydrogens is 274 g/mol. The van der Waals surface area contributed by atoms with Crippen LogP contribution in [0.15, 0.2) is 60.7 Å². The lowest BCUT2D eigenvalue weighted by atomic mass is 10.1. The lowest BCUT2D eigenvalue weighted by molar-refractivity contribution is 0.102. The van der Waals surface area contributed by atoms with E-state index in [2.05, 4.69) is 15.5 Å². The van der Waals surface area contributed by atoms with Gasteiger partial charge in [0.25, 0.3) is 5.91 Å². The van der Waals surface area contributed by atoms with E-state index in [1.54, 1.807) is 12.1 Å². The number of anilines is 1. The lowest BCUT2D eigenvalue weighted by Crippen LogP contribution is -2.13. The van der Waals surface area contributed by atoms with Gasteiger partial charge in [0.2, 0.25) is 0 Å². The van der Waals surface area contributed by atoms with E-state index in [0.717, 1.165) is 29.1 Å². The van der Waals surface area contributed by atoms with Crippen LogP contribution in [-0.4, -0.2) is 16.1 Å². The maximum Gasteiger partial charge on any atom is 0.255 e. The van der Waals surface area contributed by atoms with Gasteiger partial charge in [0, 0.05) is 11.1 Å². The number of H-pyrrole nitrogens is 1. The van der Waals surface area contributed by atoms with E-state index in [9.17, 15) is 4.79 Å². The molecule has 2 aromatic carbocycles. The zero-order chi connectivity index (χ0) is 15.4. The number of benzene rings is 2. The number of rotatable bonds is 4. The minimum Gasteiger partial charge on any atom is -0.319 e. The molecule has 0 spiro atoms. The summed E-state index contributed by atoms with van der Waals surface area (Å²) >= 11 is 0. The molecule has 0 aliphatic rings. The summed E-state index contributed by atoms with van der Waals surface area (Å²) in [4.78, 5) is 12.4. The fourth-order valence-corrected chi connectivity index (χ4v) is 2.36. The summed E-state index contributed by atoms with van der Waals surface area (Å²) in [7, 11) is 0. The predicted molar refractivity (Wildman–Crippen MR) is 87.8 cm³/mol. The summed E-state index contributed by atoms with van der Waals surface area (Å²) in [5.74, 6) is -0.131. The van der Waals surface area contributed by atoms with Crippen LogP contribution in [0.2, 0.25) is 0 Å². The van der Waals surface area contributed by atoms with Gasteiger partial charge in [-0.25, -0.2) is 0 Å². The maximum atomic E-state index is 12.4. The highest BCUT2D eigenvalue weighted by atomic mass is 16.1. The first-order chi connectivity index (χ1) is 10.8. The van der Waals surface area contributed by atoms with E-state index in [1.807, 2.05) is 55.5 Å². The van der Waals surface area contributed by atoms with Crippen LogP contribution in [0.25, 0.3) is 11.3 Å². The van der Waals surface area contributed by atoms with Crippen molar-refractivity contribution in [3.63, 3.8) is 0 Å². The molecule has 0 aliphatic heterocycles. The highest BCUT2D eigenvalue weighted by Crippen LogP contribution is 2.29. The van der Waals surface area contributed by atoms with Crippen molar-refractivity contribution in [3.8, 4) is 11.3 Å². The molecule has 0 saturated heterocycles. The molecule has 4 heteroatoms. The molecule has 0 bridgehead atoms. The Balaban J connectivity index is 1.96. The summed E-state index contributed by atoms with van der Waals surface area (Å²) in [6.07, 6.45) is 0.744. The molecule has 22 heavy (non-hydrogen) atoms. The second-order valence-electron chi connectivity index (χ2n) is 4.96. The monoisotopic (exact) mass is 291 g/mol. The van der Waals surface area contributed by atoms with E-state index in [0.29, 0.717) is 5.56 Å². The Bertz CT molecular complexity index is 764. The van der Waals surface area contributed by atoms with Crippen molar-refractivity contribution in [2.75, 3.05) is 5.32 Å². The number of nitrogens with one attached hydrogen (secondary N) is 2. The van der Waals surface area contributed by atoms with Gasteiger partial charge in [-0.05, 0) is 18.6 Å². The molecule has 0 atom stereocenters. The smallest absolute Gasteiger partial charge is 0.255 e. The van der Waals surface area contributed by atoms with Crippen LogP contribution >= 0.6 is 0 Å². The lowest BCUT2D eigenvalue weighted by Gasteiger charge is -2.08. The van der Waals surface area contributed by atoms with Gasteiger partial charge in [-0.1, -0.05) is 55.5 Å². The molecule has 0 fully saturated rings. The van der Waals surface area contributed by atoms with E-state index in [4.69, 9.17) is 0 Å². The third kappa shape index (κ3) is 2.76. The minimum absolute atomic E-state index is 0.131. The highest BCUT2D eigenvalue weighted by molar-refractivity contribution is 6.06. The molecule has 0 unspecified atom stereocenters. The standard InChI is InChI=1S/C18H17N3O/c1-2-15-17(19-18(22)14-11-7-4-8-12-14)16(21-20-15)13-9-5-3-6-10-13/h3-12H,2H2,1H3,(H,19,22)(H,20,21). The topological polar surface area (TPSA) is 57.8 Å². The summed E-state index contributed by atoms with van der Waals surface area (Å²) in [6, 6.07) is 19.1. The number of hydrogen-bond donors (Lipinski definition) is 2. The highest BCUT2D eigenvalue weighted by Gasteiger charge is 2.16. The fourth-order valence-electron chi connectivity index (χ4n) is 2.36. The number of hydrogen-bond acceptors (Lipinski definition) is 2. The third-order valence-corrected chi connectivity index (χ3v) is 3.51. The molecule has 4 nitrogen and oxygen atoms in total. The summed E-state index contributed by atoms with van der Waals surface area (Å²) in [6.45, 7) is 2.02. The van der Waals surface area contributed by atoms with Crippen molar-refractivity contribution in [1.29, 1.82) is 0 Å². The van der Waals surface area contributed by atoms with Crippen LogP contribution < -0.4 is 5.32 Å².